The van der Waals surface area contributed by atoms with Crippen molar-refractivity contribution in [2.24, 2.45) is 0 Å². The molecule has 0 saturated carbocycles. The maximum Gasteiger partial charge on any atom is 0.255 e. The first-order chi connectivity index (χ1) is 10.2. The Kier molecular flexibility index (Phi) is 4.49. The van der Waals surface area contributed by atoms with Crippen molar-refractivity contribution in [1.82, 2.24) is 4.90 Å². The van der Waals surface area contributed by atoms with Gasteiger partial charge in [0, 0.05) is 11.9 Å². The van der Waals surface area contributed by atoms with Gasteiger partial charge in [-0.15, -0.1) is 11.3 Å². The van der Waals surface area contributed by atoms with E-state index in [1.54, 1.807) is 18.4 Å². The lowest BCUT2D eigenvalue weighted by Gasteiger charge is -2.25. The molecule has 1 aromatic carbocycles. The quantitative estimate of drug-likeness (QED) is 0.701. The standard InChI is InChI=1S/C16H16INO2S/c1-20-13-5-2-4-11(8-13)14-6-3-7-18(14)16(19)12-9-15(17)21-10-12/h2,4-5,8-10,14H,3,6-7H2,1H3. The lowest BCUT2D eigenvalue weighted by molar-refractivity contribution is 0.0736. The van der Waals surface area contributed by atoms with Crippen molar-refractivity contribution < 1.29 is 9.53 Å². The van der Waals surface area contributed by atoms with Gasteiger partial charge >= 0.3 is 0 Å². The molecular formula is C16H16INO2S. The fourth-order valence-electron chi connectivity index (χ4n) is 2.79. The van der Waals surface area contributed by atoms with Crippen molar-refractivity contribution in [3.63, 3.8) is 0 Å². The van der Waals surface area contributed by atoms with Crippen LogP contribution in [0.4, 0.5) is 0 Å². The first-order valence-corrected chi connectivity index (χ1v) is 8.84. The summed E-state index contributed by atoms with van der Waals surface area (Å²) < 4.78 is 6.44. The van der Waals surface area contributed by atoms with Crippen LogP contribution < -0.4 is 4.74 Å². The van der Waals surface area contributed by atoms with E-state index in [4.69, 9.17) is 4.74 Å². The topological polar surface area (TPSA) is 29.5 Å². The molecule has 2 aromatic rings. The molecule has 3 rings (SSSR count). The molecule has 0 radical (unpaired) electrons. The van der Waals surface area contributed by atoms with Crippen molar-refractivity contribution in [2.75, 3.05) is 13.7 Å². The summed E-state index contributed by atoms with van der Waals surface area (Å²) in [5.41, 5.74) is 1.96. The number of carbonyl (C=O) groups excluding carboxylic acids is 1. The average Bonchev–Trinajstić information content (AvgIpc) is 3.15. The summed E-state index contributed by atoms with van der Waals surface area (Å²) in [4.78, 5) is 14.7. The minimum absolute atomic E-state index is 0.138. The Morgan fingerprint density at radius 2 is 2.29 bits per heavy atom. The molecule has 0 aliphatic carbocycles. The minimum atomic E-state index is 0.138. The van der Waals surface area contributed by atoms with Crippen molar-refractivity contribution in [2.45, 2.75) is 18.9 Å². The van der Waals surface area contributed by atoms with Gasteiger partial charge in [-0.05, 0) is 59.2 Å². The van der Waals surface area contributed by atoms with E-state index >= 15 is 0 Å². The van der Waals surface area contributed by atoms with Gasteiger partial charge in [0.15, 0.2) is 0 Å². The number of nitrogens with zero attached hydrogens (tertiary/aromatic N) is 1. The molecule has 1 aliphatic rings. The largest absolute Gasteiger partial charge is 0.497 e. The van der Waals surface area contributed by atoms with Gasteiger partial charge in [-0.2, -0.15) is 0 Å². The summed E-state index contributed by atoms with van der Waals surface area (Å²) in [6.07, 6.45) is 2.06. The van der Waals surface area contributed by atoms with Crippen LogP contribution in [0.1, 0.15) is 34.8 Å². The van der Waals surface area contributed by atoms with Crippen LogP contribution in [0.25, 0.3) is 0 Å². The van der Waals surface area contributed by atoms with Crippen molar-refractivity contribution in [3.05, 3.63) is 49.7 Å². The molecule has 1 saturated heterocycles. The molecule has 3 nitrogen and oxygen atoms in total. The van der Waals surface area contributed by atoms with E-state index in [1.165, 1.54) is 0 Å². The van der Waals surface area contributed by atoms with Crippen LogP contribution in [-0.4, -0.2) is 24.5 Å². The molecule has 0 N–H and O–H groups in total. The normalized spacial score (nSPS) is 18.0. The molecule has 1 unspecified atom stereocenters. The highest BCUT2D eigenvalue weighted by molar-refractivity contribution is 14.1. The van der Waals surface area contributed by atoms with Crippen LogP contribution in [-0.2, 0) is 0 Å². The van der Waals surface area contributed by atoms with Crippen molar-refractivity contribution >= 4 is 39.8 Å². The molecule has 5 heteroatoms. The van der Waals surface area contributed by atoms with Gasteiger partial charge in [0.2, 0.25) is 0 Å². The number of amides is 1. The van der Waals surface area contributed by atoms with Crippen LogP contribution in [0.15, 0.2) is 35.7 Å². The van der Waals surface area contributed by atoms with Gasteiger partial charge < -0.3 is 9.64 Å². The number of halogens is 1. The summed E-state index contributed by atoms with van der Waals surface area (Å²) in [6, 6.07) is 10.2. The second kappa shape index (κ2) is 6.36. The number of thiophene rings is 1. The number of rotatable bonds is 3. The first kappa shape index (κ1) is 14.8. The van der Waals surface area contributed by atoms with Crippen molar-refractivity contribution in [3.8, 4) is 5.75 Å². The van der Waals surface area contributed by atoms with Gasteiger partial charge in [0.1, 0.15) is 5.75 Å². The highest BCUT2D eigenvalue weighted by Gasteiger charge is 2.31. The molecule has 1 aromatic heterocycles. The van der Waals surface area contributed by atoms with Crippen LogP contribution in [0.2, 0.25) is 0 Å². The summed E-state index contributed by atoms with van der Waals surface area (Å²) in [7, 11) is 1.67. The van der Waals surface area contributed by atoms with E-state index < -0.39 is 0 Å². The molecule has 1 fully saturated rings. The zero-order valence-corrected chi connectivity index (χ0v) is 14.7. The highest BCUT2D eigenvalue weighted by Crippen LogP contribution is 2.35. The van der Waals surface area contributed by atoms with Gasteiger partial charge in [0.05, 0.1) is 21.6 Å². The van der Waals surface area contributed by atoms with Gasteiger partial charge in [-0.25, -0.2) is 0 Å². The van der Waals surface area contributed by atoms with Crippen LogP contribution in [0.3, 0.4) is 0 Å². The highest BCUT2D eigenvalue weighted by atomic mass is 127. The van der Waals surface area contributed by atoms with E-state index in [-0.39, 0.29) is 11.9 Å². The van der Waals surface area contributed by atoms with Crippen LogP contribution in [0, 0.1) is 2.88 Å². The van der Waals surface area contributed by atoms with E-state index in [1.807, 2.05) is 34.5 Å². The lowest BCUT2D eigenvalue weighted by atomic mass is 10.0. The summed E-state index contributed by atoms with van der Waals surface area (Å²) in [5, 5.41) is 1.95. The predicted molar refractivity (Wildman–Crippen MR) is 93.0 cm³/mol. The van der Waals surface area contributed by atoms with Crippen LogP contribution >= 0.6 is 33.9 Å². The number of benzene rings is 1. The number of carbonyl (C=O) groups is 1. The average molecular weight is 413 g/mol. The maximum absolute atomic E-state index is 12.7. The zero-order chi connectivity index (χ0) is 14.8. The van der Waals surface area contributed by atoms with Crippen LogP contribution in [0.5, 0.6) is 5.75 Å². The third-order valence-corrected chi connectivity index (χ3v) is 5.60. The zero-order valence-electron chi connectivity index (χ0n) is 11.7. The second-order valence-corrected chi connectivity index (χ2v) is 7.88. The van der Waals surface area contributed by atoms with Gasteiger partial charge in [0.25, 0.3) is 5.91 Å². The first-order valence-electron chi connectivity index (χ1n) is 6.88. The molecule has 2 heterocycles. The number of ether oxygens (including phenoxy) is 1. The Balaban J connectivity index is 1.86. The van der Waals surface area contributed by atoms with E-state index in [0.717, 1.165) is 39.1 Å². The maximum atomic E-state index is 12.7. The molecular weight excluding hydrogens is 397 g/mol. The molecule has 110 valence electrons. The number of hydrogen-bond acceptors (Lipinski definition) is 3. The van der Waals surface area contributed by atoms with E-state index in [0.29, 0.717) is 0 Å². The third-order valence-electron chi connectivity index (χ3n) is 3.81. The molecule has 21 heavy (non-hydrogen) atoms. The number of likely N-dealkylation sites (tertiary alicyclic amines) is 1. The Morgan fingerprint density at radius 1 is 1.43 bits per heavy atom. The monoisotopic (exact) mass is 413 g/mol. The fourth-order valence-corrected chi connectivity index (χ4v) is 4.11. The van der Waals surface area contributed by atoms with Crippen molar-refractivity contribution in [1.29, 1.82) is 0 Å². The van der Waals surface area contributed by atoms with Gasteiger partial charge in [-0.3, -0.25) is 4.79 Å². The molecule has 1 amide bonds. The Labute approximate surface area is 142 Å². The second-order valence-electron chi connectivity index (χ2n) is 5.07. The SMILES string of the molecule is COc1cccc(C2CCCN2C(=O)c2csc(I)c2)c1. The third kappa shape index (κ3) is 3.08. The summed E-state index contributed by atoms with van der Waals surface area (Å²) >= 11 is 3.87. The smallest absolute Gasteiger partial charge is 0.255 e. The van der Waals surface area contributed by atoms with E-state index in [2.05, 4.69) is 28.7 Å². The molecule has 0 bridgehead atoms. The minimum Gasteiger partial charge on any atom is -0.497 e. The molecule has 1 atom stereocenters. The summed E-state index contributed by atoms with van der Waals surface area (Å²) in [5.74, 6) is 0.983. The number of methoxy groups -OCH3 is 1. The van der Waals surface area contributed by atoms with Gasteiger partial charge in [-0.1, -0.05) is 12.1 Å². The van der Waals surface area contributed by atoms with E-state index in [9.17, 15) is 4.79 Å². The molecule has 0 spiro atoms. The summed E-state index contributed by atoms with van der Waals surface area (Å²) in [6.45, 7) is 0.827. The lowest BCUT2D eigenvalue weighted by Crippen LogP contribution is -2.30. The Hall–Kier alpha value is -1.08. The fraction of sp³-hybridized carbons (Fsp3) is 0.312. The predicted octanol–water partition coefficient (Wildman–Crippen LogP) is 4.34. The Bertz CT molecular complexity index is 655. The Morgan fingerprint density at radius 3 is 3.00 bits per heavy atom. The number of hydrogen-bond donors (Lipinski definition) is 0. The molecule has 1 aliphatic heterocycles.